The number of carbonyl (C=O) groups is 1. The fourth-order valence-electron chi connectivity index (χ4n) is 2.41. The Kier molecular flexibility index (Phi) is 4.87. The molecular formula is C20H19N3O. The maximum absolute atomic E-state index is 12.1. The topological polar surface area (TPSA) is 54.0 Å². The molecule has 1 heterocycles. The van der Waals surface area contributed by atoms with Crippen molar-refractivity contribution in [3.8, 4) is 0 Å². The first-order valence-electron chi connectivity index (χ1n) is 7.86. The summed E-state index contributed by atoms with van der Waals surface area (Å²) in [6.45, 7) is 2.10. The summed E-state index contributed by atoms with van der Waals surface area (Å²) in [6.07, 6.45) is 1.72. The van der Waals surface area contributed by atoms with E-state index in [9.17, 15) is 4.79 Å². The molecule has 0 saturated carbocycles. The van der Waals surface area contributed by atoms with Crippen LogP contribution in [0.15, 0.2) is 79.0 Å². The molecule has 1 amide bonds. The van der Waals surface area contributed by atoms with Gasteiger partial charge in [-0.15, -0.1) is 0 Å². The van der Waals surface area contributed by atoms with Crippen LogP contribution in [0, 0.1) is 0 Å². The lowest BCUT2D eigenvalue weighted by Crippen LogP contribution is -2.13. The van der Waals surface area contributed by atoms with Crippen molar-refractivity contribution in [3.63, 3.8) is 0 Å². The third kappa shape index (κ3) is 3.98. The average molecular weight is 317 g/mol. The van der Waals surface area contributed by atoms with E-state index in [1.807, 2.05) is 42.5 Å². The summed E-state index contributed by atoms with van der Waals surface area (Å²) in [6, 6.07) is 23.2. The summed E-state index contributed by atoms with van der Waals surface area (Å²) >= 11 is 0. The fourth-order valence-corrected chi connectivity index (χ4v) is 2.41. The summed E-state index contributed by atoms with van der Waals surface area (Å²) < 4.78 is 0. The first-order chi connectivity index (χ1) is 11.7. The second-order valence-corrected chi connectivity index (χ2v) is 5.53. The summed E-state index contributed by atoms with van der Waals surface area (Å²) in [7, 11) is 0. The van der Waals surface area contributed by atoms with Crippen molar-refractivity contribution in [1.29, 1.82) is 0 Å². The Morgan fingerprint density at radius 2 is 1.58 bits per heavy atom. The molecule has 3 aromatic rings. The van der Waals surface area contributed by atoms with Crippen molar-refractivity contribution in [1.82, 2.24) is 4.98 Å². The average Bonchev–Trinajstić information content (AvgIpc) is 2.65. The van der Waals surface area contributed by atoms with Crippen molar-refractivity contribution >= 4 is 17.4 Å². The summed E-state index contributed by atoms with van der Waals surface area (Å²) in [5, 5.41) is 6.19. The molecule has 1 atom stereocenters. The van der Waals surface area contributed by atoms with Crippen LogP contribution in [0.1, 0.15) is 28.9 Å². The quantitative estimate of drug-likeness (QED) is 0.728. The van der Waals surface area contributed by atoms with Gasteiger partial charge in [0.05, 0.1) is 11.9 Å². The number of anilines is 2. The number of rotatable bonds is 5. The zero-order valence-electron chi connectivity index (χ0n) is 13.4. The maximum atomic E-state index is 12.1. The summed E-state index contributed by atoms with van der Waals surface area (Å²) in [5.41, 5.74) is 2.72. The van der Waals surface area contributed by atoms with Gasteiger partial charge in [0, 0.05) is 11.6 Å². The number of nitrogens with one attached hydrogen (secondary N) is 2. The van der Waals surface area contributed by atoms with E-state index >= 15 is 0 Å². The molecule has 2 N–H and O–H groups in total. The largest absolute Gasteiger partial charge is 0.377 e. The molecule has 2 aromatic carbocycles. The SMILES string of the molecule is CC(Nc1ccc(NC(=O)c2ccccc2)nc1)c1ccccc1. The van der Waals surface area contributed by atoms with E-state index in [-0.39, 0.29) is 11.9 Å². The van der Waals surface area contributed by atoms with Gasteiger partial charge in [0.1, 0.15) is 5.82 Å². The number of pyridine rings is 1. The Hall–Kier alpha value is -3.14. The molecule has 0 radical (unpaired) electrons. The third-order valence-corrected chi connectivity index (χ3v) is 3.72. The molecule has 1 unspecified atom stereocenters. The summed E-state index contributed by atoms with van der Waals surface area (Å²) in [5.74, 6) is 0.364. The highest BCUT2D eigenvalue weighted by Gasteiger charge is 2.07. The standard InChI is InChI=1S/C20H19N3O/c1-15(16-8-4-2-5-9-16)22-18-12-13-19(21-14-18)23-20(24)17-10-6-3-7-11-17/h2-15,22H,1H3,(H,21,23,24). The van der Waals surface area contributed by atoms with Crippen LogP contribution < -0.4 is 10.6 Å². The van der Waals surface area contributed by atoms with Gasteiger partial charge < -0.3 is 10.6 Å². The van der Waals surface area contributed by atoms with E-state index in [1.165, 1.54) is 5.56 Å². The number of amides is 1. The van der Waals surface area contributed by atoms with Crippen LogP contribution in [0.25, 0.3) is 0 Å². The number of hydrogen-bond donors (Lipinski definition) is 2. The van der Waals surface area contributed by atoms with E-state index in [0.717, 1.165) is 5.69 Å². The molecule has 0 fully saturated rings. The molecular weight excluding hydrogens is 298 g/mol. The molecule has 0 aliphatic heterocycles. The highest BCUT2D eigenvalue weighted by molar-refractivity contribution is 6.03. The maximum Gasteiger partial charge on any atom is 0.256 e. The highest BCUT2D eigenvalue weighted by atomic mass is 16.1. The van der Waals surface area contributed by atoms with Crippen LogP contribution in [0.4, 0.5) is 11.5 Å². The van der Waals surface area contributed by atoms with Crippen molar-refractivity contribution < 1.29 is 4.79 Å². The van der Waals surface area contributed by atoms with Gasteiger partial charge in [-0.1, -0.05) is 48.5 Å². The first kappa shape index (κ1) is 15.7. The van der Waals surface area contributed by atoms with Crippen LogP contribution in [0.3, 0.4) is 0 Å². The first-order valence-corrected chi connectivity index (χ1v) is 7.86. The zero-order chi connectivity index (χ0) is 16.8. The normalized spacial score (nSPS) is 11.5. The smallest absolute Gasteiger partial charge is 0.256 e. The monoisotopic (exact) mass is 317 g/mol. The van der Waals surface area contributed by atoms with E-state index in [1.54, 1.807) is 24.4 Å². The molecule has 4 heteroatoms. The Balaban J connectivity index is 1.62. The molecule has 0 aliphatic rings. The minimum absolute atomic E-state index is 0.165. The molecule has 3 rings (SSSR count). The number of hydrogen-bond acceptors (Lipinski definition) is 3. The minimum atomic E-state index is -0.165. The van der Waals surface area contributed by atoms with E-state index in [0.29, 0.717) is 11.4 Å². The molecule has 120 valence electrons. The van der Waals surface area contributed by atoms with Gasteiger partial charge in [-0.05, 0) is 36.8 Å². The highest BCUT2D eigenvalue weighted by Crippen LogP contribution is 2.19. The Morgan fingerprint density at radius 3 is 2.21 bits per heavy atom. The minimum Gasteiger partial charge on any atom is -0.377 e. The van der Waals surface area contributed by atoms with Gasteiger partial charge in [0.25, 0.3) is 5.91 Å². The molecule has 0 saturated heterocycles. The number of carbonyl (C=O) groups excluding carboxylic acids is 1. The van der Waals surface area contributed by atoms with Crippen LogP contribution in [0.2, 0.25) is 0 Å². The van der Waals surface area contributed by atoms with Gasteiger partial charge in [0.2, 0.25) is 0 Å². The van der Waals surface area contributed by atoms with Crippen LogP contribution >= 0.6 is 0 Å². The van der Waals surface area contributed by atoms with Gasteiger partial charge >= 0.3 is 0 Å². The van der Waals surface area contributed by atoms with Gasteiger partial charge in [0.15, 0.2) is 0 Å². The van der Waals surface area contributed by atoms with Crippen molar-refractivity contribution in [2.75, 3.05) is 10.6 Å². The second kappa shape index (κ2) is 7.42. The molecule has 0 spiro atoms. The van der Waals surface area contributed by atoms with Crippen molar-refractivity contribution in [2.45, 2.75) is 13.0 Å². The van der Waals surface area contributed by atoms with Gasteiger partial charge in [-0.25, -0.2) is 4.98 Å². The number of aromatic nitrogens is 1. The van der Waals surface area contributed by atoms with Crippen LogP contribution in [-0.2, 0) is 0 Å². The van der Waals surface area contributed by atoms with Crippen LogP contribution in [-0.4, -0.2) is 10.9 Å². The zero-order valence-corrected chi connectivity index (χ0v) is 13.4. The van der Waals surface area contributed by atoms with Crippen molar-refractivity contribution in [2.24, 2.45) is 0 Å². The predicted octanol–water partition coefficient (Wildman–Crippen LogP) is 4.51. The van der Waals surface area contributed by atoms with Gasteiger partial charge in [-0.2, -0.15) is 0 Å². The Bertz CT molecular complexity index is 786. The lowest BCUT2D eigenvalue weighted by atomic mass is 10.1. The molecule has 0 bridgehead atoms. The molecule has 0 aliphatic carbocycles. The van der Waals surface area contributed by atoms with Crippen LogP contribution in [0.5, 0.6) is 0 Å². The Labute approximate surface area is 141 Å². The Morgan fingerprint density at radius 1 is 0.917 bits per heavy atom. The predicted molar refractivity (Wildman–Crippen MR) is 97.1 cm³/mol. The molecule has 1 aromatic heterocycles. The second-order valence-electron chi connectivity index (χ2n) is 5.53. The molecule has 4 nitrogen and oxygen atoms in total. The molecule has 24 heavy (non-hydrogen) atoms. The number of nitrogens with zero attached hydrogens (tertiary/aromatic N) is 1. The number of benzene rings is 2. The van der Waals surface area contributed by atoms with E-state index in [4.69, 9.17) is 0 Å². The van der Waals surface area contributed by atoms with Gasteiger partial charge in [-0.3, -0.25) is 4.79 Å². The van der Waals surface area contributed by atoms with E-state index < -0.39 is 0 Å². The lowest BCUT2D eigenvalue weighted by Gasteiger charge is -2.15. The fraction of sp³-hybridized carbons (Fsp3) is 0.100. The van der Waals surface area contributed by atoms with E-state index in [2.05, 4.69) is 34.7 Å². The van der Waals surface area contributed by atoms with Crippen molar-refractivity contribution in [3.05, 3.63) is 90.1 Å². The summed E-state index contributed by atoms with van der Waals surface area (Å²) in [4.78, 5) is 16.4. The third-order valence-electron chi connectivity index (χ3n) is 3.72. The lowest BCUT2D eigenvalue weighted by molar-refractivity contribution is 0.102.